The van der Waals surface area contributed by atoms with Crippen LogP contribution >= 0.6 is 9.24 Å². The zero-order valence-electron chi connectivity index (χ0n) is 5.17. The van der Waals surface area contributed by atoms with Crippen LogP contribution in [0.4, 0.5) is 5.69 Å². The van der Waals surface area contributed by atoms with Gasteiger partial charge in [-0.1, -0.05) is 12.1 Å². The second-order valence-corrected chi connectivity index (χ2v) is 2.36. The monoisotopic (exact) mass is 139 g/mol. The Morgan fingerprint density at radius 3 is 2.67 bits per heavy atom. The first-order valence-electron chi connectivity index (χ1n) is 2.87. The Morgan fingerprint density at radius 1 is 1.44 bits per heavy atom. The second-order valence-electron chi connectivity index (χ2n) is 1.95. The van der Waals surface area contributed by atoms with Crippen LogP contribution in [0.3, 0.4) is 0 Å². The standard InChI is InChI=1S/C7H10NP/c8-7-3-1-2-6(4-7)5-9/h1-4H,5,8-9H2. The summed E-state index contributed by atoms with van der Waals surface area (Å²) in [5.41, 5.74) is 7.63. The lowest BCUT2D eigenvalue weighted by molar-refractivity contribution is 1.42. The summed E-state index contributed by atoms with van der Waals surface area (Å²) in [6.45, 7) is 0. The maximum atomic E-state index is 5.52. The fourth-order valence-corrected chi connectivity index (χ4v) is 0.974. The number of nitrogen functional groups attached to an aromatic ring is 1. The molecule has 0 aliphatic carbocycles. The van der Waals surface area contributed by atoms with Gasteiger partial charge in [-0.15, -0.1) is 9.24 Å². The fourth-order valence-electron chi connectivity index (χ4n) is 0.720. The van der Waals surface area contributed by atoms with Gasteiger partial charge in [0.1, 0.15) is 0 Å². The molecule has 0 fully saturated rings. The van der Waals surface area contributed by atoms with E-state index in [1.54, 1.807) is 0 Å². The number of anilines is 1. The van der Waals surface area contributed by atoms with Crippen molar-refractivity contribution in [2.45, 2.75) is 6.16 Å². The van der Waals surface area contributed by atoms with Crippen LogP contribution in [-0.2, 0) is 6.16 Å². The van der Waals surface area contributed by atoms with E-state index in [2.05, 4.69) is 15.3 Å². The van der Waals surface area contributed by atoms with Gasteiger partial charge in [0.05, 0.1) is 0 Å². The first-order chi connectivity index (χ1) is 4.33. The quantitative estimate of drug-likeness (QED) is 0.464. The normalized spacial score (nSPS) is 9.44. The van der Waals surface area contributed by atoms with Crippen molar-refractivity contribution in [3.05, 3.63) is 29.8 Å². The molecule has 0 aliphatic heterocycles. The molecular formula is C7H10NP. The van der Waals surface area contributed by atoms with Gasteiger partial charge in [0.2, 0.25) is 0 Å². The van der Waals surface area contributed by atoms with Crippen LogP contribution in [0.1, 0.15) is 5.56 Å². The van der Waals surface area contributed by atoms with Gasteiger partial charge in [0.15, 0.2) is 0 Å². The van der Waals surface area contributed by atoms with E-state index in [-0.39, 0.29) is 0 Å². The molecule has 48 valence electrons. The molecule has 9 heavy (non-hydrogen) atoms. The van der Waals surface area contributed by atoms with Crippen molar-refractivity contribution in [1.29, 1.82) is 0 Å². The average Bonchev–Trinajstić information content (AvgIpc) is 1.88. The Kier molecular flexibility index (Phi) is 2.07. The molecular weight excluding hydrogens is 129 g/mol. The van der Waals surface area contributed by atoms with Crippen LogP contribution in [-0.4, -0.2) is 0 Å². The molecule has 0 heterocycles. The first-order valence-corrected chi connectivity index (χ1v) is 3.69. The van der Waals surface area contributed by atoms with Crippen molar-refractivity contribution in [3.8, 4) is 0 Å². The molecule has 0 saturated heterocycles. The van der Waals surface area contributed by atoms with E-state index in [1.807, 2.05) is 18.2 Å². The maximum Gasteiger partial charge on any atom is 0.0316 e. The number of hydrogen-bond acceptors (Lipinski definition) is 1. The van der Waals surface area contributed by atoms with Gasteiger partial charge >= 0.3 is 0 Å². The molecule has 1 nitrogen and oxygen atoms in total. The maximum absolute atomic E-state index is 5.52. The highest BCUT2D eigenvalue weighted by Gasteiger charge is 1.86. The number of rotatable bonds is 1. The SMILES string of the molecule is Nc1cccc(CP)c1. The Bertz CT molecular complexity index is 198. The fraction of sp³-hybridized carbons (Fsp3) is 0.143. The predicted octanol–water partition coefficient (Wildman–Crippen LogP) is 1.64. The van der Waals surface area contributed by atoms with Gasteiger partial charge in [-0.2, -0.15) is 0 Å². The molecule has 0 saturated carbocycles. The summed E-state index contributed by atoms with van der Waals surface area (Å²) in [5.74, 6) is 0. The zero-order valence-corrected chi connectivity index (χ0v) is 6.33. The van der Waals surface area contributed by atoms with E-state index in [9.17, 15) is 0 Å². The molecule has 2 N–H and O–H groups in total. The molecule has 0 spiro atoms. The molecule has 0 amide bonds. The van der Waals surface area contributed by atoms with Crippen molar-refractivity contribution in [3.63, 3.8) is 0 Å². The molecule has 0 radical (unpaired) electrons. The first kappa shape index (κ1) is 6.57. The van der Waals surface area contributed by atoms with E-state index < -0.39 is 0 Å². The summed E-state index contributed by atoms with van der Waals surface area (Å²) in [7, 11) is 2.66. The highest BCUT2D eigenvalue weighted by Crippen LogP contribution is 2.09. The Morgan fingerprint density at radius 2 is 2.22 bits per heavy atom. The van der Waals surface area contributed by atoms with Crippen LogP contribution in [0.2, 0.25) is 0 Å². The van der Waals surface area contributed by atoms with Crippen molar-refractivity contribution in [1.82, 2.24) is 0 Å². The summed E-state index contributed by atoms with van der Waals surface area (Å²) in [5, 5.41) is 0. The van der Waals surface area contributed by atoms with Crippen molar-refractivity contribution in [2.24, 2.45) is 0 Å². The van der Waals surface area contributed by atoms with E-state index >= 15 is 0 Å². The van der Waals surface area contributed by atoms with Gasteiger partial charge < -0.3 is 5.73 Å². The average molecular weight is 139 g/mol. The Balaban J connectivity index is 2.94. The second kappa shape index (κ2) is 2.84. The largest absolute Gasteiger partial charge is 0.399 e. The van der Waals surface area contributed by atoms with Gasteiger partial charge in [-0.05, 0) is 23.9 Å². The minimum atomic E-state index is 0.843. The highest BCUT2D eigenvalue weighted by atomic mass is 31.0. The lowest BCUT2D eigenvalue weighted by Crippen LogP contribution is -1.84. The van der Waals surface area contributed by atoms with Crippen LogP contribution in [0.5, 0.6) is 0 Å². The van der Waals surface area contributed by atoms with Crippen LogP contribution in [0.15, 0.2) is 24.3 Å². The summed E-state index contributed by atoms with van der Waals surface area (Å²) < 4.78 is 0. The van der Waals surface area contributed by atoms with Crippen LogP contribution in [0.25, 0.3) is 0 Å². The van der Waals surface area contributed by atoms with Crippen molar-refractivity contribution >= 4 is 14.9 Å². The third-order valence-corrected chi connectivity index (χ3v) is 1.66. The lowest BCUT2D eigenvalue weighted by Gasteiger charge is -1.95. The molecule has 2 heteroatoms. The minimum Gasteiger partial charge on any atom is -0.399 e. The predicted molar refractivity (Wildman–Crippen MR) is 44.3 cm³/mol. The van der Waals surface area contributed by atoms with Crippen LogP contribution < -0.4 is 5.73 Å². The van der Waals surface area contributed by atoms with Crippen LogP contribution in [0, 0.1) is 0 Å². The molecule has 1 rings (SSSR count). The third kappa shape index (κ3) is 1.69. The lowest BCUT2D eigenvalue weighted by atomic mass is 10.2. The number of nitrogens with two attached hydrogens (primary N) is 1. The van der Waals surface area contributed by atoms with E-state index in [1.165, 1.54) is 5.56 Å². The van der Waals surface area contributed by atoms with Crippen molar-refractivity contribution < 1.29 is 0 Å². The Labute approximate surface area is 57.5 Å². The smallest absolute Gasteiger partial charge is 0.0316 e. The Hall–Kier alpha value is -0.550. The molecule has 1 atom stereocenters. The molecule has 0 aliphatic rings. The van der Waals surface area contributed by atoms with E-state index in [4.69, 9.17) is 5.73 Å². The molecule has 1 aromatic rings. The molecule has 0 bridgehead atoms. The summed E-state index contributed by atoms with van der Waals surface area (Å²) in [4.78, 5) is 0. The van der Waals surface area contributed by atoms with Gasteiger partial charge in [0.25, 0.3) is 0 Å². The topological polar surface area (TPSA) is 26.0 Å². The molecule has 1 aromatic carbocycles. The van der Waals surface area contributed by atoms with Gasteiger partial charge in [0, 0.05) is 5.69 Å². The summed E-state index contributed by atoms with van der Waals surface area (Å²) in [6, 6.07) is 7.90. The minimum absolute atomic E-state index is 0.843. The number of hydrogen-bond donors (Lipinski definition) is 1. The number of benzene rings is 1. The van der Waals surface area contributed by atoms with E-state index in [0.717, 1.165) is 11.8 Å². The molecule has 1 unspecified atom stereocenters. The van der Waals surface area contributed by atoms with Gasteiger partial charge in [-0.3, -0.25) is 0 Å². The molecule has 0 aromatic heterocycles. The van der Waals surface area contributed by atoms with E-state index in [0.29, 0.717) is 0 Å². The zero-order chi connectivity index (χ0) is 6.69. The van der Waals surface area contributed by atoms with Gasteiger partial charge in [-0.25, -0.2) is 0 Å². The summed E-state index contributed by atoms with van der Waals surface area (Å²) in [6.07, 6.45) is 0.977. The third-order valence-electron chi connectivity index (χ3n) is 1.19. The van der Waals surface area contributed by atoms with Crippen molar-refractivity contribution in [2.75, 3.05) is 5.73 Å². The highest BCUT2D eigenvalue weighted by molar-refractivity contribution is 7.15. The summed E-state index contributed by atoms with van der Waals surface area (Å²) >= 11 is 0.